The summed E-state index contributed by atoms with van der Waals surface area (Å²) in [5, 5.41) is 2.08. The van der Waals surface area contributed by atoms with Gasteiger partial charge >= 0.3 is 6.09 Å². The Balaban J connectivity index is 1.17. The summed E-state index contributed by atoms with van der Waals surface area (Å²) in [4.78, 5) is 19.3. The van der Waals surface area contributed by atoms with Crippen molar-refractivity contribution in [1.82, 2.24) is 9.88 Å². The van der Waals surface area contributed by atoms with E-state index in [-0.39, 0.29) is 29.3 Å². The predicted molar refractivity (Wildman–Crippen MR) is 175 cm³/mol. The van der Waals surface area contributed by atoms with E-state index in [1.165, 1.54) is 12.1 Å². The maximum atomic E-state index is 13.9. The minimum Gasteiger partial charge on any atom is -0.489 e. The molecule has 3 aromatic carbocycles. The first-order chi connectivity index (χ1) is 21.5. The van der Waals surface area contributed by atoms with Crippen LogP contribution in [-0.2, 0) is 16.1 Å². The van der Waals surface area contributed by atoms with Gasteiger partial charge in [0, 0.05) is 30.0 Å². The molecular weight excluding hydrogens is 591 g/mol. The monoisotopic (exact) mass is 630 g/mol. The van der Waals surface area contributed by atoms with Gasteiger partial charge in [-0.1, -0.05) is 61.0 Å². The van der Waals surface area contributed by atoms with Crippen LogP contribution in [0.3, 0.4) is 0 Å². The highest BCUT2D eigenvalue weighted by Crippen LogP contribution is 2.50. The lowest BCUT2D eigenvalue weighted by molar-refractivity contribution is -0.0795. The number of amides is 1. The maximum Gasteiger partial charge on any atom is 0.410 e. The summed E-state index contributed by atoms with van der Waals surface area (Å²) < 4.78 is 32.0. The van der Waals surface area contributed by atoms with Crippen LogP contribution in [-0.4, -0.2) is 47.4 Å². The van der Waals surface area contributed by atoms with E-state index in [0.29, 0.717) is 30.7 Å². The number of rotatable bonds is 8. The number of ether oxygens (including phenoxy) is 3. The normalized spacial score (nSPS) is 20.3. The second-order valence-corrected chi connectivity index (χ2v) is 13.9. The minimum absolute atomic E-state index is 0.0700. The predicted octanol–water partition coefficient (Wildman–Crippen LogP) is 9.18. The van der Waals surface area contributed by atoms with Crippen LogP contribution >= 0.6 is 11.6 Å². The highest BCUT2D eigenvalue weighted by Gasteiger charge is 2.50. The van der Waals surface area contributed by atoms with Gasteiger partial charge in [-0.15, -0.1) is 0 Å². The third-order valence-corrected chi connectivity index (χ3v) is 9.09. The topological polar surface area (TPSA) is 60.9 Å². The molecule has 1 amide bonds. The molecule has 1 spiro atoms. The summed E-state index contributed by atoms with van der Waals surface area (Å²) in [6, 6.07) is 22.3. The van der Waals surface area contributed by atoms with E-state index in [1.807, 2.05) is 74.2 Å². The van der Waals surface area contributed by atoms with Crippen molar-refractivity contribution in [3.63, 3.8) is 0 Å². The highest BCUT2D eigenvalue weighted by atomic mass is 35.5. The summed E-state index contributed by atoms with van der Waals surface area (Å²) in [5.74, 6) is 0.329. The Kier molecular flexibility index (Phi) is 8.77. The Morgan fingerprint density at radius 2 is 1.80 bits per heavy atom. The Morgan fingerprint density at radius 1 is 1.07 bits per heavy atom. The van der Waals surface area contributed by atoms with Crippen LogP contribution in [0.1, 0.15) is 64.1 Å². The molecule has 0 N–H and O–H groups in total. The number of fused-ring (bicyclic) bond motifs is 1. The van der Waals surface area contributed by atoms with Crippen molar-refractivity contribution in [2.75, 3.05) is 19.7 Å². The number of carbonyl (C=O) groups is 1. The van der Waals surface area contributed by atoms with E-state index in [2.05, 4.69) is 6.92 Å². The largest absolute Gasteiger partial charge is 0.489 e. The fourth-order valence-corrected chi connectivity index (χ4v) is 6.76. The molecule has 8 heteroatoms. The zero-order valence-electron chi connectivity index (χ0n) is 26.3. The summed E-state index contributed by atoms with van der Waals surface area (Å²) >= 11 is 6.83. The van der Waals surface area contributed by atoms with Crippen LogP contribution in [0, 0.1) is 11.2 Å². The first-order valence-corrected chi connectivity index (χ1v) is 16.0. The molecule has 0 radical (unpaired) electrons. The van der Waals surface area contributed by atoms with Gasteiger partial charge in [0.1, 0.15) is 28.9 Å². The molecule has 1 atom stereocenters. The third kappa shape index (κ3) is 7.10. The molecule has 1 saturated heterocycles. The zero-order chi connectivity index (χ0) is 31.8. The Labute approximate surface area is 269 Å². The molecule has 2 fully saturated rings. The van der Waals surface area contributed by atoms with Gasteiger partial charge < -0.3 is 19.1 Å². The second-order valence-electron chi connectivity index (χ2n) is 13.6. The van der Waals surface area contributed by atoms with Crippen molar-refractivity contribution in [3.05, 3.63) is 95.0 Å². The van der Waals surface area contributed by atoms with Gasteiger partial charge in [0.2, 0.25) is 0 Å². The van der Waals surface area contributed by atoms with Gasteiger partial charge in [-0.05, 0) is 92.3 Å². The van der Waals surface area contributed by atoms with E-state index in [1.54, 1.807) is 12.1 Å². The van der Waals surface area contributed by atoms with Crippen LogP contribution < -0.4 is 4.74 Å². The summed E-state index contributed by atoms with van der Waals surface area (Å²) in [7, 11) is 0. The standard InChI is InChI=1S/C37H40ClFN2O4/c1-24(21-43-29-19-37(20-29)16-17-41(23-37)35(42)45-36(2,3)4)33-32(26-10-12-27(39)13-11-26)30-15-14-28(18-31(30)34(38)40-33)44-22-25-8-6-5-7-9-25/h5-15,18,24,29H,16-17,19-23H2,1-4H3. The molecule has 45 heavy (non-hydrogen) atoms. The fourth-order valence-electron chi connectivity index (χ4n) is 6.51. The van der Waals surface area contributed by atoms with E-state index in [4.69, 9.17) is 30.8 Å². The van der Waals surface area contributed by atoms with Gasteiger partial charge in [-0.2, -0.15) is 0 Å². The minimum atomic E-state index is -0.501. The zero-order valence-corrected chi connectivity index (χ0v) is 27.1. The van der Waals surface area contributed by atoms with E-state index in [0.717, 1.165) is 59.0 Å². The van der Waals surface area contributed by atoms with Crippen molar-refractivity contribution in [1.29, 1.82) is 0 Å². The number of carbonyl (C=O) groups excluding carboxylic acids is 1. The molecule has 2 heterocycles. The lowest BCUT2D eigenvalue weighted by Gasteiger charge is -2.45. The van der Waals surface area contributed by atoms with E-state index >= 15 is 0 Å². The molecule has 6 rings (SSSR count). The number of nitrogens with zero attached hydrogens (tertiary/aromatic N) is 2. The van der Waals surface area contributed by atoms with Crippen molar-refractivity contribution in [2.24, 2.45) is 5.41 Å². The van der Waals surface area contributed by atoms with Crippen molar-refractivity contribution < 1.29 is 23.4 Å². The Hall–Kier alpha value is -3.68. The van der Waals surface area contributed by atoms with Crippen molar-refractivity contribution >= 4 is 28.5 Å². The van der Waals surface area contributed by atoms with Crippen LogP contribution in [0.2, 0.25) is 5.15 Å². The number of benzene rings is 3. The van der Waals surface area contributed by atoms with Crippen LogP contribution in [0.15, 0.2) is 72.8 Å². The lowest BCUT2D eigenvalue weighted by atomic mass is 9.66. The molecule has 1 aromatic heterocycles. The Morgan fingerprint density at radius 3 is 2.51 bits per heavy atom. The Bertz CT molecular complexity index is 1670. The molecule has 6 nitrogen and oxygen atoms in total. The highest BCUT2D eigenvalue weighted by molar-refractivity contribution is 6.35. The number of pyridine rings is 1. The molecule has 1 aliphatic carbocycles. The molecule has 1 aliphatic heterocycles. The molecule has 2 aliphatic rings. The quantitative estimate of drug-likeness (QED) is 0.182. The maximum absolute atomic E-state index is 13.9. The van der Waals surface area contributed by atoms with Gasteiger partial charge in [0.25, 0.3) is 0 Å². The van der Waals surface area contributed by atoms with Crippen LogP contribution in [0.5, 0.6) is 5.75 Å². The van der Waals surface area contributed by atoms with E-state index < -0.39 is 5.60 Å². The summed E-state index contributed by atoms with van der Waals surface area (Å²) in [6.45, 7) is 10.1. The van der Waals surface area contributed by atoms with Gasteiger partial charge in [0.05, 0.1) is 18.4 Å². The molecule has 1 saturated carbocycles. The first kappa shape index (κ1) is 31.3. The average molecular weight is 631 g/mol. The average Bonchev–Trinajstić information content (AvgIpc) is 3.45. The van der Waals surface area contributed by atoms with Gasteiger partial charge in [-0.3, -0.25) is 0 Å². The van der Waals surface area contributed by atoms with Crippen molar-refractivity contribution in [3.8, 4) is 16.9 Å². The van der Waals surface area contributed by atoms with Crippen LogP contribution in [0.25, 0.3) is 21.9 Å². The summed E-state index contributed by atoms with van der Waals surface area (Å²) in [5.41, 5.74) is 3.26. The SMILES string of the molecule is CC(COC1CC2(CCN(C(=O)OC(C)(C)C)C2)C1)c1nc(Cl)c2cc(OCc3ccccc3)ccc2c1-c1ccc(F)cc1. The number of hydrogen-bond donors (Lipinski definition) is 0. The molecular formula is C37H40ClFN2O4. The number of aromatic nitrogens is 1. The van der Waals surface area contributed by atoms with Crippen LogP contribution in [0.4, 0.5) is 9.18 Å². The van der Waals surface area contributed by atoms with E-state index in [9.17, 15) is 9.18 Å². The molecule has 4 aromatic rings. The first-order valence-electron chi connectivity index (χ1n) is 15.6. The van der Waals surface area contributed by atoms with Crippen molar-refractivity contribution in [2.45, 2.75) is 71.2 Å². The summed E-state index contributed by atoms with van der Waals surface area (Å²) in [6.07, 6.45) is 2.69. The van der Waals surface area contributed by atoms with Gasteiger partial charge in [-0.25, -0.2) is 14.2 Å². The number of hydrogen-bond acceptors (Lipinski definition) is 5. The molecule has 0 bridgehead atoms. The third-order valence-electron chi connectivity index (χ3n) is 8.80. The second kappa shape index (κ2) is 12.6. The fraction of sp³-hybridized carbons (Fsp3) is 0.405. The lowest BCUT2D eigenvalue weighted by Crippen LogP contribution is -2.46. The van der Waals surface area contributed by atoms with Gasteiger partial charge in [0.15, 0.2) is 0 Å². The molecule has 236 valence electrons. The number of halogens is 2. The smallest absolute Gasteiger partial charge is 0.410 e. The molecule has 1 unspecified atom stereocenters. The number of likely N-dealkylation sites (tertiary alicyclic amines) is 1.